The summed E-state index contributed by atoms with van der Waals surface area (Å²) in [5.74, 6) is 3.71. The molecule has 0 aromatic carbocycles. The minimum absolute atomic E-state index is 0.0512. The number of fused-ring (bicyclic) bond motifs is 5. The molecule has 0 aromatic rings. The minimum Gasteiger partial charge on any atom is -0.353 e. The van der Waals surface area contributed by atoms with Gasteiger partial charge in [-0.2, -0.15) is 0 Å². The van der Waals surface area contributed by atoms with Gasteiger partial charge in [0.1, 0.15) is 0 Å². The fourth-order valence-electron chi connectivity index (χ4n) is 4.47. The van der Waals surface area contributed by atoms with Crippen molar-refractivity contribution in [2.75, 3.05) is 0 Å². The van der Waals surface area contributed by atoms with Crippen molar-refractivity contribution in [1.82, 2.24) is 5.32 Å². The van der Waals surface area contributed by atoms with Crippen molar-refractivity contribution < 1.29 is 4.79 Å². The Morgan fingerprint density at radius 1 is 1.35 bits per heavy atom. The number of nitrogens with two attached hydrogens (primary N) is 1. The molecule has 3 rings (SSSR count). The molecule has 1 amide bonds. The van der Waals surface area contributed by atoms with Crippen LogP contribution >= 0.6 is 0 Å². The lowest BCUT2D eigenvalue weighted by Crippen LogP contribution is -2.35. The third-order valence-electron chi connectivity index (χ3n) is 5.17. The Bertz CT molecular complexity index is 301. The largest absolute Gasteiger partial charge is 0.353 e. The molecule has 3 nitrogen and oxygen atoms in total. The lowest BCUT2D eigenvalue weighted by molar-refractivity contribution is -0.121. The number of hydrogen-bond donors (Lipinski definition) is 2. The first-order valence-corrected chi connectivity index (χ1v) is 7.25. The molecular formula is C14H24N2O. The molecule has 5 unspecified atom stereocenters. The van der Waals surface area contributed by atoms with Crippen LogP contribution in [0.3, 0.4) is 0 Å². The summed E-state index contributed by atoms with van der Waals surface area (Å²) in [7, 11) is 0. The highest BCUT2D eigenvalue weighted by molar-refractivity contribution is 5.77. The van der Waals surface area contributed by atoms with Crippen molar-refractivity contribution in [3.05, 3.63) is 0 Å². The monoisotopic (exact) mass is 236 g/mol. The van der Waals surface area contributed by atoms with Crippen LogP contribution in [-0.4, -0.2) is 18.0 Å². The van der Waals surface area contributed by atoms with Crippen molar-refractivity contribution in [1.29, 1.82) is 0 Å². The molecule has 3 saturated carbocycles. The topological polar surface area (TPSA) is 55.1 Å². The van der Waals surface area contributed by atoms with Gasteiger partial charge < -0.3 is 11.1 Å². The zero-order valence-electron chi connectivity index (χ0n) is 10.7. The number of hydrogen-bond acceptors (Lipinski definition) is 2. The summed E-state index contributed by atoms with van der Waals surface area (Å²) >= 11 is 0. The summed E-state index contributed by atoms with van der Waals surface area (Å²) in [4.78, 5) is 11.9. The van der Waals surface area contributed by atoms with E-state index in [9.17, 15) is 4.79 Å². The van der Waals surface area contributed by atoms with E-state index in [0.29, 0.717) is 12.5 Å². The molecule has 0 saturated heterocycles. The summed E-state index contributed by atoms with van der Waals surface area (Å²) in [5, 5.41) is 3.23. The molecule has 3 aliphatic rings. The Kier molecular flexibility index (Phi) is 2.89. The van der Waals surface area contributed by atoms with Gasteiger partial charge in [0.2, 0.25) is 5.91 Å². The zero-order valence-corrected chi connectivity index (χ0v) is 10.7. The van der Waals surface area contributed by atoms with Crippen molar-refractivity contribution in [3.63, 3.8) is 0 Å². The first-order valence-electron chi connectivity index (χ1n) is 7.25. The SMILES string of the molecule is CCCC(N)CC(=O)NC1C2C3CCC(C3)C12. The number of carbonyl (C=O) groups is 1. The second-order valence-electron chi connectivity index (χ2n) is 6.33. The molecule has 0 aromatic heterocycles. The Balaban J connectivity index is 1.45. The predicted molar refractivity (Wildman–Crippen MR) is 67.2 cm³/mol. The maximum atomic E-state index is 11.9. The van der Waals surface area contributed by atoms with Gasteiger partial charge in [-0.05, 0) is 49.4 Å². The Morgan fingerprint density at radius 2 is 2.00 bits per heavy atom. The van der Waals surface area contributed by atoms with Crippen LogP contribution in [0.2, 0.25) is 0 Å². The van der Waals surface area contributed by atoms with Crippen LogP contribution in [0.1, 0.15) is 45.4 Å². The molecule has 96 valence electrons. The molecule has 0 spiro atoms. The number of nitrogens with one attached hydrogen (secondary N) is 1. The summed E-state index contributed by atoms with van der Waals surface area (Å²) in [6.45, 7) is 2.11. The van der Waals surface area contributed by atoms with E-state index in [2.05, 4.69) is 12.2 Å². The van der Waals surface area contributed by atoms with Crippen molar-refractivity contribution in [2.24, 2.45) is 29.4 Å². The molecule has 0 aliphatic heterocycles. The van der Waals surface area contributed by atoms with Gasteiger partial charge in [-0.3, -0.25) is 4.79 Å². The van der Waals surface area contributed by atoms with Gasteiger partial charge in [-0.15, -0.1) is 0 Å². The zero-order chi connectivity index (χ0) is 12.0. The van der Waals surface area contributed by atoms with Crippen LogP contribution < -0.4 is 11.1 Å². The number of rotatable bonds is 5. The maximum Gasteiger partial charge on any atom is 0.221 e. The highest BCUT2D eigenvalue weighted by Crippen LogP contribution is 2.65. The average molecular weight is 236 g/mol. The lowest BCUT2D eigenvalue weighted by atomic mass is 10.0. The fraction of sp³-hybridized carbons (Fsp3) is 0.929. The Morgan fingerprint density at radius 3 is 2.59 bits per heavy atom. The molecule has 3 aliphatic carbocycles. The Hall–Kier alpha value is -0.570. The third-order valence-corrected chi connectivity index (χ3v) is 5.17. The van der Waals surface area contributed by atoms with Gasteiger partial charge in [-0.1, -0.05) is 13.3 Å². The van der Waals surface area contributed by atoms with E-state index >= 15 is 0 Å². The molecular weight excluding hydrogens is 212 g/mol. The van der Waals surface area contributed by atoms with Crippen LogP contribution in [0.25, 0.3) is 0 Å². The molecule has 0 radical (unpaired) electrons. The van der Waals surface area contributed by atoms with Crippen molar-refractivity contribution in [3.8, 4) is 0 Å². The minimum atomic E-state index is 0.0512. The molecule has 3 N–H and O–H groups in total. The molecule has 2 bridgehead atoms. The maximum absolute atomic E-state index is 11.9. The summed E-state index contributed by atoms with van der Waals surface area (Å²) < 4.78 is 0. The quantitative estimate of drug-likeness (QED) is 0.763. The summed E-state index contributed by atoms with van der Waals surface area (Å²) in [6, 6.07) is 0.567. The Labute approximate surface area is 104 Å². The normalized spacial score (nSPS) is 43.3. The van der Waals surface area contributed by atoms with Crippen molar-refractivity contribution in [2.45, 2.75) is 57.5 Å². The lowest BCUT2D eigenvalue weighted by Gasteiger charge is -2.13. The van der Waals surface area contributed by atoms with Gasteiger partial charge in [0, 0.05) is 18.5 Å². The average Bonchev–Trinajstić information content (AvgIpc) is 2.70. The molecule has 5 atom stereocenters. The van der Waals surface area contributed by atoms with E-state index in [1.165, 1.54) is 19.3 Å². The molecule has 0 heterocycles. The van der Waals surface area contributed by atoms with Crippen LogP contribution in [0.15, 0.2) is 0 Å². The van der Waals surface area contributed by atoms with Crippen LogP contribution in [-0.2, 0) is 4.79 Å². The van der Waals surface area contributed by atoms with Crippen LogP contribution in [0, 0.1) is 23.7 Å². The third kappa shape index (κ3) is 1.99. The number of amides is 1. The standard InChI is InChI=1S/C14H24N2O/c1-2-3-10(15)7-11(17)16-14-12-8-4-5-9(6-8)13(12)14/h8-10,12-14H,2-7,15H2,1H3,(H,16,17). The fourth-order valence-corrected chi connectivity index (χ4v) is 4.47. The van der Waals surface area contributed by atoms with E-state index in [-0.39, 0.29) is 11.9 Å². The second kappa shape index (κ2) is 4.27. The van der Waals surface area contributed by atoms with Gasteiger partial charge in [0.05, 0.1) is 0 Å². The van der Waals surface area contributed by atoms with Gasteiger partial charge >= 0.3 is 0 Å². The van der Waals surface area contributed by atoms with Crippen molar-refractivity contribution >= 4 is 5.91 Å². The van der Waals surface area contributed by atoms with Gasteiger partial charge in [0.15, 0.2) is 0 Å². The molecule has 3 fully saturated rings. The molecule has 17 heavy (non-hydrogen) atoms. The smallest absolute Gasteiger partial charge is 0.221 e. The predicted octanol–water partition coefficient (Wildman–Crippen LogP) is 1.66. The van der Waals surface area contributed by atoms with E-state index in [1.54, 1.807) is 0 Å². The van der Waals surface area contributed by atoms with Gasteiger partial charge in [0.25, 0.3) is 0 Å². The second-order valence-corrected chi connectivity index (χ2v) is 6.33. The highest BCUT2D eigenvalue weighted by atomic mass is 16.1. The van der Waals surface area contributed by atoms with E-state index < -0.39 is 0 Å². The van der Waals surface area contributed by atoms with Crippen LogP contribution in [0.5, 0.6) is 0 Å². The molecule has 3 heteroatoms. The van der Waals surface area contributed by atoms with E-state index in [4.69, 9.17) is 5.73 Å². The first-order chi connectivity index (χ1) is 8.20. The summed E-state index contributed by atoms with van der Waals surface area (Å²) in [5.41, 5.74) is 5.90. The highest BCUT2D eigenvalue weighted by Gasteiger charge is 2.65. The van der Waals surface area contributed by atoms with E-state index in [0.717, 1.165) is 36.5 Å². The first kappa shape index (κ1) is 11.5. The summed E-state index contributed by atoms with van der Waals surface area (Å²) in [6.07, 6.45) is 6.79. The van der Waals surface area contributed by atoms with Crippen LogP contribution in [0.4, 0.5) is 0 Å². The van der Waals surface area contributed by atoms with E-state index in [1.807, 2.05) is 0 Å². The van der Waals surface area contributed by atoms with Gasteiger partial charge in [-0.25, -0.2) is 0 Å². The number of carbonyl (C=O) groups excluding carboxylic acids is 1.